The van der Waals surface area contributed by atoms with E-state index in [0.29, 0.717) is 18.7 Å². The molecule has 0 spiro atoms. The van der Waals surface area contributed by atoms with Gasteiger partial charge >= 0.3 is 0 Å². The Labute approximate surface area is 194 Å². The Hall–Kier alpha value is -2.74. The smallest absolute Gasteiger partial charge is 0.239 e. The molecule has 0 saturated carbocycles. The monoisotopic (exact) mass is 466 g/mol. The number of carbonyl (C=O) groups is 1. The van der Waals surface area contributed by atoms with Crippen LogP contribution in [0.4, 0.5) is 0 Å². The molecule has 9 heteroatoms. The number of hydrogen-bond donors (Lipinski definition) is 2. The summed E-state index contributed by atoms with van der Waals surface area (Å²) in [5.74, 6) is 0.252. The molecule has 1 atom stereocenters. The van der Waals surface area contributed by atoms with Gasteiger partial charge in [-0.15, -0.1) is 24.8 Å². The number of aromatic nitrogens is 2. The van der Waals surface area contributed by atoms with E-state index in [1.807, 2.05) is 29.0 Å². The number of imidazole rings is 1. The Balaban J connectivity index is 0.00000240. The number of rotatable bonds is 8. The fraction of sp³-hybridized carbons (Fsp3) is 0.273. The molecule has 0 unspecified atom stereocenters. The highest BCUT2D eigenvalue weighted by Gasteiger charge is 2.20. The molecule has 0 aliphatic rings. The van der Waals surface area contributed by atoms with E-state index in [1.165, 1.54) is 12.7 Å². The lowest BCUT2D eigenvalue weighted by molar-refractivity contribution is -0.131. The van der Waals surface area contributed by atoms with E-state index in [4.69, 9.17) is 10.5 Å². The van der Waals surface area contributed by atoms with Gasteiger partial charge in [0.05, 0.1) is 25.2 Å². The van der Waals surface area contributed by atoms with Crippen LogP contribution in [-0.4, -0.2) is 45.7 Å². The van der Waals surface area contributed by atoms with E-state index in [0.717, 1.165) is 17.8 Å². The minimum atomic E-state index is -0.688. The normalized spacial score (nSPS) is 11.1. The van der Waals surface area contributed by atoms with Gasteiger partial charge in [-0.1, -0.05) is 36.4 Å². The third-order valence-corrected chi connectivity index (χ3v) is 4.68. The molecule has 0 radical (unpaired) electrons. The first-order chi connectivity index (χ1) is 14.0. The number of amides is 1. The van der Waals surface area contributed by atoms with E-state index in [-0.39, 0.29) is 36.5 Å². The highest BCUT2D eigenvalue weighted by atomic mass is 35.5. The van der Waals surface area contributed by atoms with E-state index < -0.39 is 6.04 Å². The van der Waals surface area contributed by atoms with Crippen LogP contribution in [0.3, 0.4) is 0 Å². The number of carbonyl (C=O) groups excluding carboxylic acids is 1. The fourth-order valence-corrected chi connectivity index (χ4v) is 3.17. The van der Waals surface area contributed by atoms with Gasteiger partial charge in [0.25, 0.3) is 0 Å². The molecule has 0 fully saturated rings. The number of likely N-dealkylation sites (N-methyl/N-ethyl adjacent to an activating group) is 1. The SMILES string of the molecule is COc1ccc(CN(C)C(=O)[C@@H](N)Cc2cn(Cc3ccccc3)cn2)cc1O.Cl.Cl. The van der Waals surface area contributed by atoms with Crippen molar-refractivity contribution in [3.8, 4) is 11.5 Å². The summed E-state index contributed by atoms with van der Waals surface area (Å²) in [5.41, 5.74) is 8.88. The Kier molecular flexibility index (Phi) is 10.3. The van der Waals surface area contributed by atoms with Crippen LogP contribution in [0, 0.1) is 0 Å². The number of halogens is 2. The van der Waals surface area contributed by atoms with Crippen molar-refractivity contribution in [2.24, 2.45) is 5.73 Å². The molecule has 3 rings (SSSR count). The number of ether oxygens (including phenoxy) is 1. The second-order valence-corrected chi connectivity index (χ2v) is 7.03. The average molecular weight is 467 g/mol. The Bertz CT molecular complexity index is 966. The fourth-order valence-electron chi connectivity index (χ4n) is 3.17. The van der Waals surface area contributed by atoms with Gasteiger partial charge in [0.2, 0.25) is 5.91 Å². The molecule has 0 aliphatic heterocycles. The maximum atomic E-state index is 12.6. The summed E-state index contributed by atoms with van der Waals surface area (Å²) in [7, 11) is 3.18. The Morgan fingerprint density at radius 2 is 1.90 bits per heavy atom. The number of nitrogens with zero attached hydrogens (tertiary/aromatic N) is 3. The third kappa shape index (κ3) is 7.17. The van der Waals surface area contributed by atoms with E-state index in [9.17, 15) is 9.90 Å². The number of nitrogens with two attached hydrogens (primary N) is 1. The van der Waals surface area contributed by atoms with Crippen molar-refractivity contribution in [2.45, 2.75) is 25.6 Å². The number of aromatic hydroxyl groups is 1. The van der Waals surface area contributed by atoms with Crippen molar-refractivity contribution in [2.75, 3.05) is 14.2 Å². The first-order valence-corrected chi connectivity index (χ1v) is 9.37. The maximum Gasteiger partial charge on any atom is 0.239 e. The molecule has 1 aromatic heterocycles. The zero-order valence-electron chi connectivity index (χ0n) is 17.5. The minimum absolute atomic E-state index is 0. The second kappa shape index (κ2) is 12.2. The Morgan fingerprint density at radius 3 is 2.55 bits per heavy atom. The third-order valence-electron chi connectivity index (χ3n) is 4.68. The number of hydrogen-bond acceptors (Lipinski definition) is 5. The lowest BCUT2D eigenvalue weighted by Gasteiger charge is -2.21. The van der Waals surface area contributed by atoms with Crippen molar-refractivity contribution in [1.82, 2.24) is 14.5 Å². The molecule has 168 valence electrons. The van der Waals surface area contributed by atoms with Crippen LogP contribution >= 0.6 is 24.8 Å². The number of phenolic OH excluding ortho intramolecular Hbond substituents is 1. The van der Waals surface area contributed by atoms with Gasteiger partial charge in [-0.25, -0.2) is 4.98 Å². The molecule has 7 nitrogen and oxygen atoms in total. The van der Waals surface area contributed by atoms with Crippen molar-refractivity contribution < 1.29 is 14.6 Å². The van der Waals surface area contributed by atoms with Crippen LogP contribution in [-0.2, 0) is 24.3 Å². The molecule has 1 amide bonds. The quantitative estimate of drug-likeness (QED) is 0.531. The molecule has 2 aromatic carbocycles. The summed E-state index contributed by atoms with van der Waals surface area (Å²) in [6.45, 7) is 1.06. The molecular formula is C22H28Cl2N4O3. The zero-order valence-corrected chi connectivity index (χ0v) is 19.1. The van der Waals surface area contributed by atoms with E-state index in [1.54, 1.807) is 36.5 Å². The van der Waals surface area contributed by atoms with Gasteiger partial charge in [-0.2, -0.15) is 0 Å². The molecule has 0 saturated heterocycles. The lowest BCUT2D eigenvalue weighted by Crippen LogP contribution is -2.42. The molecule has 1 heterocycles. The van der Waals surface area contributed by atoms with Crippen LogP contribution in [0.2, 0.25) is 0 Å². The van der Waals surface area contributed by atoms with Gasteiger partial charge in [0, 0.05) is 32.8 Å². The largest absolute Gasteiger partial charge is 0.504 e. The van der Waals surface area contributed by atoms with Gasteiger partial charge in [0.1, 0.15) is 0 Å². The lowest BCUT2D eigenvalue weighted by atomic mass is 10.1. The number of phenols is 1. The minimum Gasteiger partial charge on any atom is -0.504 e. The van der Waals surface area contributed by atoms with Crippen molar-refractivity contribution in [1.29, 1.82) is 0 Å². The van der Waals surface area contributed by atoms with Crippen LogP contribution in [0.15, 0.2) is 61.1 Å². The second-order valence-electron chi connectivity index (χ2n) is 7.03. The highest BCUT2D eigenvalue weighted by molar-refractivity contribution is 5.85. The topological polar surface area (TPSA) is 93.6 Å². The first kappa shape index (κ1) is 26.3. The summed E-state index contributed by atoms with van der Waals surface area (Å²) < 4.78 is 7.01. The maximum absolute atomic E-state index is 12.6. The summed E-state index contributed by atoms with van der Waals surface area (Å²) in [4.78, 5) is 18.6. The van der Waals surface area contributed by atoms with Gasteiger partial charge in [0.15, 0.2) is 11.5 Å². The molecule has 31 heavy (non-hydrogen) atoms. The van der Waals surface area contributed by atoms with Gasteiger partial charge < -0.3 is 25.0 Å². The Morgan fingerprint density at radius 1 is 1.19 bits per heavy atom. The summed E-state index contributed by atoms with van der Waals surface area (Å²) in [6.07, 6.45) is 4.03. The van der Waals surface area contributed by atoms with Crippen LogP contribution in [0.1, 0.15) is 16.8 Å². The first-order valence-electron chi connectivity index (χ1n) is 9.37. The van der Waals surface area contributed by atoms with E-state index >= 15 is 0 Å². The van der Waals surface area contributed by atoms with Crippen LogP contribution < -0.4 is 10.5 Å². The summed E-state index contributed by atoms with van der Waals surface area (Å²) in [6, 6.07) is 14.5. The van der Waals surface area contributed by atoms with Crippen LogP contribution in [0.25, 0.3) is 0 Å². The predicted molar refractivity (Wildman–Crippen MR) is 125 cm³/mol. The van der Waals surface area contributed by atoms with Crippen molar-refractivity contribution in [3.63, 3.8) is 0 Å². The molecule has 3 aromatic rings. The standard InChI is InChI=1S/C22H26N4O3.2ClH/c1-25(12-17-8-9-21(29-2)20(27)10-17)22(28)19(23)11-18-14-26(15-24-18)13-16-6-4-3-5-7-16;;/h3-10,14-15,19,27H,11-13,23H2,1-2H3;2*1H/t19-;;/m0../s1. The predicted octanol–water partition coefficient (Wildman–Crippen LogP) is 3.02. The molecule has 3 N–H and O–H groups in total. The highest BCUT2D eigenvalue weighted by Crippen LogP contribution is 2.26. The summed E-state index contributed by atoms with van der Waals surface area (Å²) >= 11 is 0. The average Bonchev–Trinajstić information content (AvgIpc) is 3.15. The zero-order chi connectivity index (χ0) is 20.8. The molecule has 0 bridgehead atoms. The van der Waals surface area contributed by atoms with E-state index in [2.05, 4.69) is 17.1 Å². The van der Waals surface area contributed by atoms with Crippen molar-refractivity contribution in [3.05, 3.63) is 77.9 Å². The van der Waals surface area contributed by atoms with Crippen molar-refractivity contribution >= 4 is 30.7 Å². The molecule has 0 aliphatic carbocycles. The number of benzene rings is 2. The van der Waals surface area contributed by atoms with Gasteiger partial charge in [-0.05, 0) is 23.3 Å². The van der Waals surface area contributed by atoms with Crippen LogP contribution in [0.5, 0.6) is 11.5 Å². The molecular weight excluding hydrogens is 439 g/mol. The number of methoxy groups -OCH3 is 1. The van der Waals surface area contributed by atoms with Gasteiger partial charge in [-0.3, -0.25) is 4.79 Å². The summed E-state index contributed by atoms with van der Waals surface area (Å²) in [5, 5.41) is 9.89.